The predicted molar refractivity (Wildman–Crippen MR) is 126 cm³/mol. The smallest absolute Gasteiger partial charge is 0.192 e. The predicted octanol–water partition coefficient (Wildman–Crippen LogP) is 7.02. The summed E-state index contributed by atoms with van der Waals surface area (Å²) in [5.41, 5.74) is 5.70. The summed E-state index contributed by atoms with van der Waals surface area (Å²) in [6, 6.07) is 16.0. The average Bonchev–Trinajstić information content (AvgIpc) is 3.06. The molecular formula is C27H30N2O. The van der Waals surface area contributed by atoms with Crippen molar-refractivity contribution in [1.82, 2.24) is 0 Å². The Bertz CT molecular complexity index is 998. The Kier molecular flexibility index (Phi) is 7.25. The summed E-state index contributed by atoms with van der Waals surface area (Å²) in [6.07, 6.45) is 6.67. The molecule has 2 aromatic carbocycles. The van der Waals surface area contributed by atoms with Crippen LogP contribution >= 0.6 is 0 Å². The third-order valence-corrected chi connectivity index (χ3v) is 5.62. The van der Waals surface area contributed by atoms with Gasteiger partial charge >= 0.3 is 0 Å². The number of unbranched alkanes of at least 4 members (excludes halogenated alkanes) is 2. The normalized spacial score (nSPS) is 15.8. The zero-order valence-electron chi connectivity index (χ0n) is 18.2. The van der Waals surface area contributed by atoms with Crippen LogP contribution in [0.15, 0.2) is 59.8 Å². The monoisotopic (exact) mass is 398 g/mol. The van der Waals surface area contributed by atoms with E-state index < -0.39 is 0 Å². The molecule has 0 aromatic heterocycles. The number of allylic oxidation sites excluding steroid dienone is 3. The number of benzene rings is 2. The summed E-state index contributed by atoms with van der Waals surface area (Å²) >= 11 is 0. The molecule has 30 heavy (non-hydrogen) atoms. The van der Waals surface area contributed by atoms with Gasteiger partial charge in [-0.05, 0) is 54.7 Å². The summed E-state index contributed by atoms with van der Waals surface area (Å²) in [4.78, 5) is 19.1. The molecule has 0 bridgehead atoms. The zero-order chi connectivity index (χ0) is 21.5. The molecular weight excluding hydrogens is 368 g/mol. The number of fused-ring (bicyclic) bond motifs is 1. The first kappa shape index (κ1) is 21.6. The molecule has 0 amide bonds. The van der Waals surface area contributed by atoms with Crippen molar-refractivity contribution in [3.05, 3.63) is 87.9 Å². The van der Waals surface area contributed by atoms with Gasteiger partial charge in [0.05, 0.1) is 6.57 Å². The van der Waals surface area contributed by atoms with Crippen LogP contribution in [0.5, 0.6) is 0 Å². The third-order valence-electron chi connectivity index (χ3n) is 5.62. The molecule has 1 aliphatic rings. The Labute approximate surface area is 180 Å². The molecule has 3 heteroatoms. The topological polar surface area (TPSA) is 24.7 Å². The maximum atomic E-state index is 13.0. The lowest BCUT2D eigenvalue weighted by Crippen LogP contribution is -2.25. The molecule has 0 saturated carbocycles. The largest absolute Gasteiger partial charge is 0.372 e. The molecule has 0 spiro atoms. The van der Waals surface area contributed by atoms with Gasteiger partial charge < -0.3 is 4.90 Å². The fraction of sp³-hybridized carbons (Fsp3) is 0.333. The third kappa shape index (κ3) is 4.54. The van der Waals surface area contributed by atoms with Gasteiger partial charge in [0.15, 0.2) is 11.5 Å². The van der Waals surface area contributed by atoms with E-state index in [9.17, 15) is 4.79 Å². The van der Waals surface area contributed by atoms with Crippen molar-refractivity contribution in [1.29, 1.82) is 0 Å². The van der Waals surface area contributed by atoms with E-state index in [-0.39, 0.29) is 5.78 Å². The minimum absolute atomic E-state index is 0.000180. The molecule has 3 rings (SSSR count). The lowest BCUT2D eigenvalue weighted by Gasteiger charge is -2.24. The van der Waals surface area contributed by atoms with E-state index in [1.807, 2.05) is 30.3 Å². The van der Waals surface area contributed by atoms with Gasteiger partial charge in [-0.25, -0.2) is 4.85 Å². The van der Waals surface area contributed by atoms with E-state index in [4.69, 9.17) is 6.57 Å². The van der Waals surface area contributed by atoms with Crippen LogP contribution in [-0.2, 0) is 0 Å². The Hall–Kier alpha value is -3.12. The van der Waals surface area contributed by atoms with Gasteiger partial charge in [0, 0.05) is 29.9 Å². The Morgan fingerprint density at radius 2 is 1.57 bits per heavy atom. The van der Waals surface area contributed by atoms with E-state index in [0.717, 1.165) is 29.8 Å². The lowest BCUT2D eigenvalue weighted by molar-refractivity contribution is 0.104. The number of anilines is 1. The van der Waals surface area contributed by atoms with Crippen LogP contribution in [0.4, 0.5) is 5.69 Å². The first-order chi connectivity index (χ1) is 14.6. The molecule has 3 nitrogen and oxygen atoms in total. The van der Waals surface area contributed by atoms with Gasteiger partial charge in [0.25, 0.3) is 0 Å². The van der Waals surface area contributed by atoms with Crippen LogP contribution < -0.4 is 4.90 Å². The van der Waals surface area contributed by atoms with Crippen LogP contribution in [-0.4, -0.2) is 18.9 Å². The highest BCUT2D eigenvalue weighted by Gasteiger charge is 2.30. The summed E-state index contributed by atoms with van der Waals surface area (Å²) < 4.78 is 0. The number of hydrogen-bond donors (Lipinski definition) is 0. The second-order valence-electron chi connectivity index (χ2n) is 7.79. The van der Waals surface area contributed by atoms with Crippen LogP contribution in [0.1, 0.15) is 67.9 Å². The highest BCUT2D eigenvalue weighted by atomic mass is 16.1. The number of Topliss-reactive ketones (excluding diaryl/α,β-unsaturated/α-hetero) is 1. The molecule has 0 radical (unpaired) electrons. The molecule has 0 heterocycles. The highest BCUT2D eigenvalue weighted by Crippen LogP contribution is 2.40. The summed E-state index contributed by atoms with van der Waals surface area (Å²) in [6.45, 7) is 15.8. The van der Waals surface area contributed by atoms with Gasteiger partial charge in [-0.3, -0.25) is 4.79 Å². The molecule has 154 valence electrons. The van der Waals surface area contributed by atoms with Crippen molar-refractivity contribution < 1.29 is 4.79 Å². The van der Waals surface area contributed by atoms with Crippen molar-refractivity contribution in [2.24, 2.45) is 0 Å². The second-order valence-corrected chi connectivity index (χ2v) is 7.79. The number of hydrogen-bond acceptors (Lipinski definition) is 2. The Morgan fingerprint density at radius 3 is 2.13 bits per heavy atom. The number of ketones is 1. The number of rotatable bonds is 8. The van der Waals surface area contributed by atoms with E-state index in [1.165, 1.54) is 31.4 Å². The number of carbonyl (C=O) groups excluding carboxylic acids is 1. The summed E-state index contributed by atoms with van der Waals surface area (Å²) in [5, 5.41) is 0. The second kappa shape index (κ2) is 10.1. The SMILES string of the molecule is [C-]#[N+]/C(C)=C1\C(=C\c2ccc(N(CCCC)CCCC)cc2)C(=O)c2ccccc21. The average molecular weight is 399 g/mol. The number of carbonyl (C=O) groups is 1. The van der Waals surface area contributed by atoms with Gasteiger partial charge in [0.1, 0.15) is 0 Å². The van der Waals surface area contributed by atoms with Gasteiger partial charge in [0.2, 0.25) is 0 Å². The number of nitrogens with zero attached hydrogens (tertiary/aromatic N) is 2. The lowest BCUT2D eigenvalue weighted by atomic mass is 10.0. The quantitative estimate of drug-likeness (QED) is 0.352. The van der Waals surface area contributed by atoms with Gasteiger partial charge in [-0.2, -0.15) is 0 Å². The molecule has 0 unspecified atom stereocenters. The van der Waals surface area contributed by atoms with Crippen molar-refractivity contribution in [2.75, 3.05) is 18.0 Å². The molecule has 1 aliphatic carbocycles. The van der Waals surface area contributed by atoms with Crippen molar-refractivity contribution in [3.8, 4) is 0 Å². The first-order valence-corrected chi connectivity index (χ1v) is 10.9. The molecule has 0 atom stereocenters. The van der Waals surface area contributed by atoms with Crippen molar-refractivity contribution >= 4 is 23.1 Å². The van der Waals surface area contributed by atoms with Gasteiger partial charge in [-0.15, -0.1) is 0 Å². The van der Waals surface area contributed by atoms with Crippen LogP contribution in [0.25, 0.3) is 16.5 Å². The van der Waals surface area contributed by atoms with Crippen molar-refractivity contribution in [3.63, 3.8) is 0 Å². The van der Waals surface area contributed by atoms with Crippen LogP contribution in [0, 0.1) is 6.57 Å². The van der Waals surface area contributed by atoms with Crippen LogP contribution in [0.3, 0.4) is 0 Å². The fourth-order valence-electron chi connectivity index (χ4n) is 3.90. The van der Waals surface area contributed by atoms with E-state index in [1.54, 1.807) is 6.92 Å². The fourth-order valence-corrected chi connectivity index (χ4v) is 3.90. The molecule has 2 aromatic rings. The summed E-state index contributed by atoms with van der Waals surface area (Å²) in [7, 11) is 0. The summed E-state index contributed by atoms with van der Waals surface area (Å²) in [5.74, 6) is 0.000180. The zero-order valence-corrected chi connectivity index (χ0v) is 18.2. The molecule has 0 saturated heterocycles. The van der Waals surface area contributed by atoms with E-state index >= 15 is 0 Å². The highest BCUT2D eigenvalue weighted by molar-refractivity contribution is 6.29. The van der Waals surface area contributed by atoms with E-state index in [2.05, 4.69) is 47.9 Å². The minimum atomic E-state index is 0.000180. The maximum Gasteiger partial charge on any atom is 0.192 e. The maximum absolute atomic E-state index is 13.0. The minimum Gasteiger partial charge on any atom is -0.372 e. The molecule has 0 fully saturated rings. The van der Waals surface area contributed by atoms with Crippen LogP contribution in [0.2, 0.25) is 0 Å². The Morgan fingerprint density at radius 1 is 0.967 bits per heavy atom. The van der Waals surface area contributed by atoms with E-state index in [0.29, 0.717) is 16.8 Å². The molecule has 0 aliphatic heterocycles. The Balaban J connectivity index is 1.93. The van der Waals surface area contributed by atoms with Gasteiger partial charge in [-0.1, -0.05) is 63.1 Å². The first-order valence-electron chi connectivity index (χ1n) is 10.9. The van der Waals surface area contributed by atoms with Crippen molar-refractivity contribution in [2.45, 2.75) is 46.5 Å². The standard InChI is InChI=1S/C27H30N2O/c1-5-7-17-29(18-8-6-2)22-15-13-21(14-16-22)19-25-26(20(3)28-4)23-11-9-10-12-24(23)27(25)30/h9-16,19H,5-8,17-18H2,1-3H3/b25-19-,26-20-. The molecule has 0 N–H and O–H groups in total.